The lowest BCUT2D eigenvalue weighted by Crippen LogP contribution is -2.15. The van der Waals surface area contributed by atoms with Gasteiger partial charge in [-0.2, -0.15) is 0 Å². The average molecular weight is 244 g/mol. The van der Waals surface area contributed by atoms with Gasteiger partial charge in [0, 0.05) is 11.1 Å². The smallest absolute Gasteiger partial charge is 0.257 e. The molecule has 2 aliphatic rings. The lowest BCUT2D eigenvalue weighted by Gasteiger charge is -2.10. The van der Waals surface area contributed by atoms with E-state index in [0.717, 1.165) is 14.3 Å². The number of nitrogens with zero attached hydrogens (tertiary/aromatic N) is 1. The van der Waals surface area contributed by atoms with Crippen LogP contribution < -0.4 is 0 Å². The van der Waals surface area contributed by atoms with E-state index in [1.807, 2.05) is 13.0 Å². The molecule has 0 spiro atoms. The van der Waals surface area contributed by atoms with Crippen molar-refractivity contribution in [3.63, 3.8) is 0 Å². The van der Waals surface area contributed by atoms with Crippen LogP contribution in [0.15, 0.2) is 25.4 Å². The van der Waals surface area contributed by atoms with Crippen molar-refractivity contribution >= 4 is 39.8 Å². The topological polar surface area (TPSA) is 29.4 Å². The first-order valence-corrected chi connectivity index (χ1v) is 5.13. The van der Waals surface area contributed by atoms with Crippen LogP contribution in [0, 0.1) is 5.92 Å². The number of allylic oxidation sites excluding steroid dienone is 1. The fourth-order valence-electron chi connectivity index (χ4n) is 1.27. The zero-order valence-corrected chi connectivity index (χ0v) is 8.78. The monoisotopic (exact) mass is 243 g/mol. The van der Waals surface area contributed by atoms with Gasteiger partial charge in [-0.05, 0) is 34.5 Å². The van der Waals surface area contributed by atoms with Gasteiger partial charge in [-0.15, -0.1) is 0 Å². The number of fused-ring (bicyclic) bond motifs is 1. The third kappa shape index (κ3) is 1.10. The van der Waals surface area contributed by atoms with Crippen molar-refractivity contribution in [3.8, 4) is 0 Å². The highest BCUT2D eigenvalue weighted by Crippen LogP contribution is 2.48. The zero-order valence-electron chi connectivity index (χ0n) is 6.37. The molecule has 0 radical (unpaired) electrons. The maximum absolute atomic E-state index is 11.3. The second kappa shape index (κ2) is 2.85. The summed E-state index contributed by atoms with van der Waals surface area (Å²) < 4.78 is 1.05. The predicted molar refractivity (Wildman–Crippen MR) is 54.3 cm³/mol. The number of hydrogen-bond donors (Lipinski definition) is 0. The molecule has 0 aromatic heterocycles. The molecular formula is C8H6BrNOS. The Bertz CT molecular complexity index is 343. The Hall–Kier alpha value is -0.350. The first-order valence-electron chi connectivity index (χ1n) is 3.52. The molecule has 2 heterocycles. The van der Waals surface area contributed by atoms with Gasteiger partial charge in [0.25, 0.3) is 5.91 Å². The zero-order chi connectivity index (χ0) is 8.72. The standard InChI is InChI=1S/C8H6BrNOS/c1-4-6-5(12-7(4)9)2-3-10-8(6)11/h2-3,6H,1H3. The van der Waals surface area contributed by atoms with Crippen LogP contribution in [0.25, 0.3) is 0 Å². The third-order valence-electron chi connectivity index (χ3n) is 1.92. The van der Waals surface area contributed by atoms with Crippen LogP contribution in [0.5, 0.6) is 0 Å². The van der Waals surface area contributed by atoms with E-state index in [1.165, 1.54) is 0 Å². The van der Waals surface area contributed by atoms with E-state index in [-0.39, 0.29) is 11.8 Å². The number of hydrogen-bond acceptors (Lipinski definition) is 2. The second-order valence-electron chi connectivity index (χ2n) is 2.68. The highest BCUT2D eigenvalue weighted by molar-refractivity contribution is 9.14. The van der Waals surface area contributed by atoms with Crippen LogP contribution in [0.2, 0.25) is 0 Å². The van der Waals surface area contributed by atoms with E-state index < -0.39 is 0 Å². The molecule has 4 heteroatoms. The minimum atomic E-state index is -0.102. The summed E-state index contributed by atoms with van der Waals surface area (Å²) in [7, 11) is 0. The highest BCUT2D eigenvalue weighted by Gasteiger charge is 2.33. The molecule has 2 nitrogen and oxygen atoms in total. The molecule has 0 aromatic carbocycles. The molecule has 0 N–H and O–H groups in total. The summed E-state index contributed by atoms with van der Waals surface area (Å²) in [5.74, 6) is -0.152. The Morgan fingerprint density at radius 1 is 1.67 bits per heavy atom. The van der Waals surface area contributed by atoms with E-state index in [0.29, 0.717) is 0 Å². The largest absolute Gasteiger partial charge is 0.272 e. The molecule has 12 heavy (non-hydrogen) atoms. The van der Waals surface area contributed by atoms with Crippen LogP contribution in [0.1, 0.15) is 6.92 Å². The van der Waals surface area contributed by atoms with Crippen molar-refractivity contribution in [2.24, 2.45) is 10.9 Å². The Labute approximate surface area is 83.0 Å². The number of aliphatic imine (C=N–C) groups is 1. The molecule has 0 saturated heterocycles. The minimum absolute atomic E-state index is 0.0491. The molecule has 0 saturated carbocycles. The predicted octanol–water partition coefficient (Wildman–Crippen LogP) is 2.47. The van der Waals surface area contributed by atoms with Gasteiger partial charge in [-0.25, -0.2) is 4.99 Å². The van der Waals surface area contributed by atoms with Crippen molar-refractivity contribution < 1.29 is 4.79 Å². The number of carbonyl (C=O) groups is 1. The van der Waals surface area contributed by atoms with Crippen molar-refractivity contribution in [2.45, 2.75) is 6.92 Å². The fraction of sp³-hybridized carbons (Fsp3) is 0.250. The first kappa shape index (κ1) is 8.26. The van der Waals surface area contributed by atoms with Gasteiger partial charge >= 0.3 is 0 Å². The Morgan fingerprint density at radius 2 is 2.42 bits per heavy atom. The Kier molecular flexibility index (Phi) is 1.96. The molecule has 0 aromatic rings. The van der Waals surface area contributed by atoms with Crippen molar-refractivity contribution in [2.75, 3.05) is 0 Å². The summed E-state index contributed by atoms with van der Waals surface area (Å²) in [5.41, 5.74) is 1.08. The molecule has 0 fully saturated rings. The van der Waals surface area contributed by atoms with Crippen LogP contribution in [0.3, 0.4) is 0 Å². The molecule has 0 bridgehead atoms. The maximum Gasteiger partial charge on any atom is 0.257 e. The van der Waals surface area contributed by atoms with Gasteiger partial charge in [0.15, 0.2) is 0 Å². The summed E-state index contributed by atoms with van der Waals surface area (Å²) in [5, 5.41) is 0. The quantitative estimate of drug-likeness (QED) is 0.655. The average Bonchev–Trinajstić information content (AvgIpc) is 2.29. The maximum atomic E-state index is 11.3. The second-order valence-corrected chi connectivity index (χ2v) is 5.08. The summed E-state index contributed by atoms with van der Waals surface area (Å²) in [6, 6.07) is 0. The SMILES string of the molecule is CC1=C(Br)SC2=CC=NC(=O)C21. The van der Waals surface area contributed by atoms with Gasteiger partial charge in [-0.1, -0.05) is 11.8 Å². The van der Waals surface area contributed by atoms with E-state index in [2.05, 4.69) is 20.9 Å². The molecular weight excluding hydrogens is 238 g/mol. The van der Waals surface area contributed by atoms with Gasteiger partial charge < -0.3 is 0 Å². The van der Waals surface area contributed by atoms with E-state index in [4.69, 9.17) is 0 Å². The third-order valence-corrected chi connectivity index (χ3v) is 4.14. The Balaban J connectivity index is 2.45. The van der Waals surface area contributed by atoms with Crippen molar-refractivity contribution in [1.82, 2.24) is 0 Å². The van der Waals surface area contributed by atoms with Crippen molar-refractivity contribution in [1.29, 1.82) is 0 Å². The van der Waals surface area contributed by atoms with Crippen LogP contribution in [-0.4, -0.2) is 12.1 Å². The van der Waals surface area contributed by atoms with Crippen molar-refractivity contribution in [3.05, 3.63) is 20.4 Å². The number of dihydropyridines is 1. The molecule has 1 atom stereocenters. The number of amides is 1. The first-order chi connectivity index (χ1) is 5.70. The molecule has 2 aliphatic heterocycles. The minimum Gasteiger partial charge on any atom is -0.272 e. The number of carbonyl (C=O) groups excluding carboxylic acids is 1. The van der Waals surface area contributed by atoms with Gasteiger partial charge in [0.1, 0.15) is 0 Å². The van der Waals surface area contributed by atoms with Crippen LogP contribution in [-0.2, 0) is 4.79 Å². The van der Waals surface area contributed by atoms with Gasteiger partial charge in [0.2, 0.25) is 0 Å². The lowest BCUT2D eigenvalue weighted by atomic mass is 9.99. The summed E-state index contributed by atoms with van der Waals surface area (Å²) in [6.07, 6.45) is 3.47. The lowest BCUT2D eigenvalue weighted by molar-refractivity contribution is -0.119. The number of thioether (sulfide) groups is 1. The highest BCUT2D eigenvalue weighted by atomic mass is 79.9. The summed E-state index contributed by atoms with van der Waals surface area (Å²) in [4.78, 5) is 16.2. The Morgan fingerprint density at radius 3 is 3.08 bits per heavy atom. The fourth-order valence-corrected chi connectivity index (χ4v) is 3.07. The number of rotatable bonds is 0. The normalized spacial score (nSPS) is 27.7. The molecule has 2 rings (SSSR count). The summed E-state index contributed by atoms with van der Waals surface area (Å²) in [6.45, 7) is 1.96. The number of halogens is 1. The molecule has 1 unspecified atom stereocenters. The van der Waals surface area contributed by atoms with Gasteiger partial charge in [0.05, 0.1) is 9.73 Å². The van der Waals surface area contributed by atoms with E-state index in [1.54, 1.807) is 18.0 Å². The van der Waals surface area contributed by atoms with E-state index >= 15 is 0 Å². The van der Waals surface area contributed by atoms with Crippen LogP contribution >= 0.6 is 27.7 Å². The molecule has 1 amide bonds. The van der Waals surface area contributed by atoms with E-state index in [9.17, 15) is 4.79 Å². The molecule has 62 valence electrons. The van der Waals surface area contributed by atoms with Crippen LogP contribution in [0.4, 0.5) is 0 Å². The molecule has 0 aliphatic carbocycles. The van der Waals surface area contributed by atoms with Gasteiger partial charge in [-0.3, -0.25) is 4.79 Å². The summed E-state index contributed by atoms with van der Waals surface area (Å²) >= 11 is 5.02.